The summed E-state index contributed by atoms with van der Waals surface area (Å²) >= 11 is 0. The second-order valence-electron chi connectivity index (χ2n) is 4.38. The highest BCUT2D eigenvalue weighted by Crippen LogP contribution is 2.27. The topological polar surface area (TPSA) is 32.5 Å². The Bertz CT molecular complexity index is 489. The summed E-state index contributed by atoms with van der Waals surface area (Å²) in [5, 5.41) is 4.53. The summed E-state index contributed by atoms with van der Waals surface area (Å²) < 4.78 is 0. The fraction of sp³-hybridized carbons (Fsp3) is 0.250. The number of nitrogens with two attached hydrogens (primary N) is 1. The third kappa shape index (κ3) is 3.06. The van der Waals surface area contributed by atoms with Gasteiger partial charge in [0.25, 0.3) is 0 Å². The molecule has 2 aromatic carbocycles. The van der Waals surface area contributed by atoms with Crippen molar-refractivity contribution in [3.8, 4) is 0 Å². The molecular formula is C16H21N3. The quantitative estimate of drug-likeness (QED) is 0.653. The van der Waals surface area contributed by atoms with Gasteiger partial charge in [-0.05, 0) is 36.4 Å². The van der Waals surface area contributed by atoms with Crippen molar-refractivity contribution in [2.75, 3.05) is 23.8 Å². The van der Waals surface area contributed by atoms with E-state index in [0.717, 1.165) is 30.2 Å². The Morgan fingerprint density at radius 3 is 1.84 bits per heavy atom. The van der Waals surface area contributed by atoms with Crippen LogP contribution in [0.1, 0.15) is 13.8 Å². The second kappa shape index (κ2) is 6.25. The smallest absolute Gasteiger partial charge is 0.0581 e. The van der Waals surface area contributed by atoms with Crippen molar-refractivity contribution >= 4 is 17.1 Å². The minimum Gasteiger partial charge on any atom is -0.399 e. The Balaban J connectivity index is 2.42. The van der Waals surface area contributed by atoms with Gasteiger partial charge in [-0.25, -0.2) is 5.01 Å². The summed E-state index contributed by atoms with van der Waals surface area (Å²) in [5.41, 5.74) is 8.85. The summed E-state index contributed by atoms with van der Waals surface area (Å²) in [5.74, 6) is 0. The van der Waals surface area contributed by atoms with Crippen LogP contribution in [0, 0.1) is 0 Å². The first-order valence-electron chi connectivity index (χ1n) is 6.71. The van der Waals surface area contributed by atoms with E-state index in [1.807, 2.05) is 18.2 Å². The van der Waals surface area contributed by atoms with E-state index < -0.39 is 0 Å². The lowest BCUT2D eigenvalue weighted by Gasteiger charge is -2.35. The van der Waals surface area contributed by atoms with E-state index in [0.29, 0.717) is 0 Å². The first-order chi connectivity index (χ1) is 9.26. The van der Waals surface area contributed by atoms with E-state index in [9.17, 15) is 0 Å². The Labute approximate surface area is 115 Å². The van der Waals surface area contributed by atoms with E-state index >= 15 is 0 Å². The van der Waals surface area contributed by atoms with Gasteiger partial charge >= 0.3 is 0 Å². The zero-order valence-electron chi connectivity index (χ0n) is 11.6. The molecule has 0 aliphatic heterocycles. The van der Waals surface area contributed by atoms with E-state index in [1.165, 1.54) is 0 Å². The van der Waals surface area contributed by atoms with Gasteiger partial charge < -0.3 is 5.73 Å². The first kappa shape index (κ1) is 13.4. The van der Waals surface area contributed by atoms with Gasteiger partial charge in [0, 0.05) is 18.8 Å². The average Bonchev–Trinajstić information content (AvgIpc) is 2.47. The highest BCUT2D eigenvalue weighted by molar-refractivity contribution is 5.63. The summed E-state index contributed by atoms with van der Waals surface area (Å²) in [6.45, 7) is 6.24. The molecule has 2 aromatic rings. The molecule has 0 aliphatic rings. The van der Waals surface area contributed by atoms with Crippen molar-refractivity contribution in [2.45, 2.75) is 13.8 Å². The first-order valence-corrected chi connectivity index (χ1v) is 6.71. The Morgan fingerprint density at radius 1 is 0.789 bits per heavy atom. The normalized spacial score (nSPS) is 10.7. The maximum absolute atomic E-state index is 5.77. The number of hydrogen-bond donors (Lipinski definition) is 1. The fourth-order valence-corrected chi connectivity index (χ4v) is 2.17. The molecule has 0 heterocycles. The summed E-state index contributed by atoms with van der Waals surface area (Å²) in [6.07, 6.45) is 0. The lowest BCUT2D eigenvalue weighted by atomic mass is 10.2. The van der Waals surface area contributed by atoms with Gasteiger partial charge in [-0.1, -0.05) is 32.0 Å². The van der Waals surface area contributed by atoms with Crippen LogP contribution in [0.3, 0.4) is 0 Å². The number of rotatable bonds is 5. The molecule has 3 heteroatoms. The molecule has 0 unspecified atom stereocenters. The monoisotopic (exact) mass is 255 g/mol. The minimum atomic E-state index is 0.788. The molecule has 0 saturated heterocycles. The molecule has 2 N–H and O–H groups in total. The molecule has 0 aromatic heterocycles. The third-order valence-electron chi connectivity index (χ3n) is 3.15. The van der Waals surface area contributed by atoms with Crippen LogP contribution in [0.15, 0.2) is 54.6 Å². The molecule has 3 nitrogen and oxygen atoms in total. The standard InChI is InChI=1S/C16H21N3/c1-3-18(4-2)19(15-8-6-5-7-9-15)16-12-10-14(17)11-13-16/h5-13H,3-4,17H2,1-2H3. The van der Waals surface area contributed by atoms with Gasteiger partial charge in [0.05, 0.1) is 11.4 Å². The van der Waals surface area contributed by atoms with Gasteiger partial charge in [0.1, 0.15) is 0 Å². The zero-order valence-corrected chi connectivity index (χ0v) is 11.6. The molecule has 19 heavy (non-hydrogen) atoms. The van der Waals surface area contributed by atoms with Gasteiger partial charge in [0.2, 0.25) is 0 Å². The SMILES string of the molecule is CCN(CC)N(c1ccccc1)c1ccc(N)cc1. The van der Waals surface area contributed by atoms with Crippen molar-refractivity contribution < 1.29 is 0 Å². The second-order valence-corrected chi connectivity index (χ2v) is 4.38. The maximum Gasteiger partial charge on any atom is 0.0581 e. The van der Waals surface area contributed by atoms with Crippen LogP contribution < -0.4 is 10.7 Å². The predicted molar refractivity (Wildman–Crippen MR) is 82.4 cm³/mol. The lowest BCUT2D eigenvalue weighted by molar-refractivity contribution is 0.309. The van der Waals surface area contributed by atoms with Crippen molar-refractivity contribution in [1.82, 2.24) is 5.01 Å². The van der Waals surface area contributed by atoms with E-state index in [-0.39, 0.29) is 0 Å². The highest BCUT2D eigenvalue weighted by atomic mass is 15.6. The van der Waals surface area contributed by atoms with E-state index in [1.54, 1.807) is 0 Å². The summed E-state index contributed by atoms with van der Waals surface area (Å²) in [4.78, 5) is 0. The van der Waals surface area contributed by atoms with Gasteiger partial charge in [-0.15, -0.1) is 0 Å². The van der Waals surface area contributed by atoms with Gasteiger partial charge in [0.15, 0.2) is 0 Å². The molecule has 0 amide bonds. The number of benzene rings is 2. The molecule has 0 bridgehead atoms. The molecule has 0 radical (unpaired) electrons. The number of hydrazine groups is 1. The summed E-state index contributed by atoms with van der Waals surface area (Å²) in [6, 6.07) is 18.4. The summed E-state index contributed by atoms with van der Waals surface area (Å²) in [7, 11) is 0. The molecule has 0 fully saturated rings. The number of nitrogen functional groups attached to an aromatic ring is 1. The number of anilines is 3. The van der Waals surface area contributed by atoms with Crippen LogP contribution >= 0.6 is 0 Å². The van der Waals surface area contributed by atoms with Gasteiger partial charge in [-0.2, -0.15) is 0 Å². The maximum atomic E-state index is 5.77. The molecule has 100 valence electrons. The highest BCUT2D eigenvalue weighted by Gasteiger charge is 2.14. The molecule has 2 rings (SSSR count). The Hall–Kier alpha value is -2.00. The van der Waals surface area contributed by atoms with E-state index in [4.69, 9.17) is 5.73 Å². The van der Waals surface area contributed by atoms with Crippen LogP contribution in [0.4, 0.5) is 17.1 Å². The van der Waals surface area contributed by atoms with Crippen LogP contribution in [0.5, 0.6) is 0 Å². The Morgan fingerprint density at radius 2 is 1.32 bits per heavy atom. The average molecular weight is 255 g/mol. The predicted octanol–water partition coefficient (Wildman–Crippen LogP) is 3.66. The van der Waals surface area contributed by atoms with Gasteiger partial charge in [-0.3, -0.25) is 5.01 Å². The molecule has 0 spiro atoms. The van der Waals surface area contributed by atoms with Crippen LogP contribution in [-0.2, 0) is 0 Å². The van der Waals surface area contributed by atoms with Crippen molar-refractivity contribution in [2.24, 2.45) is 0 Å². The molecule has 0 aliphatic carbocycles. The van der Waals surface area contributed by atoms with Crippen LogP contribution in [0.2, 0.25) is 0 Å². The molecule has 0 saturated carbocycles. The van der Waals surface area contributed by atoms with Crippen molar-refractivity contribution in [3.63, 3.8) is 0 Å². The largest absolute Gasteiger partial charge is 0.399 e. The van der Waals surface area contributed by atoms with Crippen LogP contribution in [-0.4, -0.2) is 18.1 Å². The lowest BCUT2D eigenvalue weighted by Crippen LogP contribution is -2.39. The van der Waals surface area contributed by atoms with Crippen molar-refractivity contribution in [1.29, 1.82) is 0 Å². The minimum absolute atomic E-state index is 0.788. The zero-order chi connectivity index (χ0) is 13.7. The van der Waals surface area contributed by atoms with E-state index in [2.05, 4.69) is 60.3 Å². The van der Waals surface area contributed by atoms with Crippen LogP contribution in [0.25, 0.3) is 0 Å². The fourth-order valence-electron chi connectivity index (χ4n) is 2.17. The Kier molecular flexibility index (Phi) is 4.42. The number of hydrogen-bond acceptors (Lipinski definition) is 3. The molecule has 0 atom stereocenters. The molecular weight excluding hydrogens is 234 g/mol. The van der Waals surface area contributed by atoms with Crippen molar-refractivity contribution in [3.05, 3.63) is 54.6 Å². The number of para-hydroxylation sites is 1. The number of nitrogens with zero attached hydrogens (tertiary/aromatic N) is 2. The third-order valence-corrected chi connectivity index (χ3v) is 3.15.